The summed E-state index contributed by atoms with van der Waals surface area (Å²) in [5, 5.41) is 17.7. The lowest BCUT2D eigenvalue weighted by Crippen LogP contribution is -2.04. The Morgan fingerprint density at radius 2 is 2.17 bits per heavy atom. The lowest BCUT2D eigenvalue weighted by Gasteiger charge is -2.08. The van der Waals surface area contributed by atoms with Crippen LogP contribution in [0.3, 0.4) is 0 Å². The van der Waals surface area contributed by atoms with Crippen molar-refractivity contribution in [3.05, 3.63) is 35.1 Å². The van der Waals surface area contributed by atoms with Gasteiger partial charge in [-0.15, -0.1) is 0 Å². The van der Waals surface area contributed by atoms with Crippen LogP contribution in [0.5, 0.6) is 0 Å². The van der Waals surface area contributed by atoms with Crippen LogP contribution in [0.1, 0.15) is 17.2 Å². The van der Waals surface area contributed by atoms with Crippen molar-refractivity contribution in [2.45, 2.75) is 13.0 Å². The molecule has 12 heavy (non-hydrogen) atoms. The molecule has 0 amide bonds. The minimum absolute atomic E-state index is 0.142. The van der Waals surface area contributed by atoms with Crippen molar-refractivity contribution in [2.24, 2.45) is 0 Å². The minimum Gasteiger partial charge on any atom is -0.393 e. The lowest BCUT2D eigenvalue weighted by atomic mass is 10.1. The molecule has 1 aromatic carbocycles. The summed E-state index contributed by atoms with van der Waals surface area (Å²) in [5.74, 6) is -0.475. The standard InChI is InChI=1S/C9H11FO2/c1-6-2-3-7(8(10)4-6)9(12)5-11/h2-4,9,11-12H,5H2,1H3. The summed E-state index contributed by atoms with van der Waals surface area (Å²) in [6, 6.07) is 4.50. The second-order valence-corrected chi connectivity index (χ2v) is 2.72. The molecule has 3 heteroatoms. The van der Waals surface area contributed by atoms with E-state index in [0.29, 0.717) is 0 Å². The van der Waals surface area contributed by atoms with Crippen LogP contribution in [0.4, 0.5) is 4.39 Å². The molecule has 66 valence electrons. The first-order chi connectivity index (χ1) is 5.65. The number of benzene rings is 1. The van der Waals surface area contributed by atoms with Gasteiger partial charge in [0.1, 0.15) is 11.9 Å². The summed E-state index contributed by atoms with van der Waals surface area (Å²) < 4.78 is 13.0. The SMILES string of the molecule is Cc1ccc(C(O)CO)c(F)c1. The molecule has 1 unspecified atom stereocenters. The molecule has 0 aliphatic rings. The molecule has 0 fully saturated rings. The fourth-order valence-electron chi connectivity index (χ4n) is 1.00. The van der Waals surface area contributed by atoms with Crippen LogP contribution < -0.4 is 0 Å². The van der Waals surface area contributed by atoms with E-state index in [9.17, 15) is 4.39 Å². The summed E-state index contributed by atoms with van der Waals surface area (Å²) in [7, 11) is 0. The molecule has 2 nitrogen and oxygen atoms in total. The zero-order valence-corrected chi connectivity index (χ0v) is 6.79. The number of aliphatic hydroxyl groups is 2. The third kappa shape index (κ3) is 1.81. The van der Waals surface area contributed by atoms with E-state index in [4.69, 9.17) is 10.2 Å². The van der Waals surface area contributed by atoms with Crippen molar-refractivity contribution >= 4 is 0 Å². The van der Waals surface area contributed by atoms with Crippen molar-refractivity contribution in [1.82, 2.24) is 0 Å². The molecule has 0 radical (unpaired) electrons. The fourth-order valence-corrected chi connectivity index (χ4v) is 1.00. The normalized spacial score (nSPS) is 13.0. The number of aryl methyl sites for hydroxylation is 1. The van der Waals surface area contributed by atoms with Crippen molar-refractivity contribution in [3.8, 4) is 0 Å². The summed E-state index contributed by atoms with van der Waals surface area (Å²) >= 11 is 0. The Bertz CT molecular complexity index is 273. The van der Waals surface area contributed by atoms with Crippen molar-refractivity contribution in [2.75, 3.05) is 6.61 Å². The second-order valence-electron chi connectivity index (χ2n) is 2.72. The maximum Gasteiger partial charge on any atom is 0.129 e. The lowest BCUT2D eigenvalue weighted by molar-refractivity contribution is 0.0926. The van der Waals surface area contributed by atoms with Gasteiger partial charge in [-0.1, -0.05) is 12.1 Å². The molecule has 0 aliphatic heterocycles. The van der Waals surface area contributed by atoms with Crippen LogP contribution in [0.15, 0.2) is 18.2 Å². The van der Waals surface area contributed by atoms with E-state index >= 15 is 0 Å². The van der Waals surface area contributed by atoms with Gasteiger partial charge < -0.3 is 10.2 Å². The third-order valence-corrected chi connectivity index (χ3v) is 1.69. The van der Waals surface area contributed by atoms with E-state index in [1.54, 1.807) is 13.0 Å². The highest BCUT2D eigenvalue weighted by molar-refractivity contribution is 5.25. The quantitative estimate of drug-likeness (QED) is 0.699. The maximum absolute atomic E-state index is 13.0. The van der Waals surface area contributed by atoms with Gasteiger partial charge in [-0.3, -0.25) is 0 Å². The first-order valence-corrected chi connectivity index (χ1v) is 3.70. The van der Waals surface area contributed by atoms with E-state index in [2.05, 4.69) is 0 Å². The van der Waals surface area contributed by atoms with E-state index in [-0.39, 0.29) is 5.56 Å². The van der Waals surface area contributed by atoms with E-state index in [0.717, 1.165) is 5.56 Å². The van der Waals surface area contributed by atoms with Gasteiger partial charge in [-0.2, -0.15) is 0 Å². The molecule has 0 aromatic heterocycles. The maximum atomic E-state index is 13.0. The molecule has 0 heterocycles. The van der Waals surface area contributed by atoms with Crippen LogP contribution in [0.2, 0.25) is 0 Å². The topological polar surface area (TPSA) is 40.5 Å². The minimum atomic E-state index is -1.12. The van der Waals surface area contributed by atoms with Crippen LogP contribution in [-0.2, 0) is 0 Å². The van der Waals surface area contributed by atoms with Gasteiger partial charge in [-0.25, -0.2) is 4.39 Å². The Morgan fingerprint density at radius 3 is 2.67 bits per heavy atom. The molecule has 0 aliphatic carbocycles. The molecule has 1 atom stereocenters. The van der Waals surface area contributed by atoms with Gasteiger partial charge in [0.05, 0.1) is 6.61 Å². The highest BCUT2D eigenvalue weighted by Crippen LogP contribution is 2.17. The predicted octanol–water partition coefficient (Wildman–Crippen LogP) is 1.16. The molecule has 1 rings (SSSR count). The molecule has 0 saturated heterocycles. The summed E-state index contributed by atoms with van der Waals surface area (Å²) in [4.78, 5) is 0. The Balaban J connectivity index is 3.01. The van der Waals surface area contributed by atoms with Gasteiger partial charge in [0.25, 0.3) is 0 Å². The van der Waals surface area contributed by atoms with Crippen molar-refractivity contribution < 1.29 is 14.6 Å². The van der Waals surface area contributed by atoms with Gasteiger partial charge in [0.15, 0.2) is 0 Å². The molecular weight excluding hydrogens is 159 g/mol. The monoisotopic (exact) mass is 170 g/mol. The molecule has 1 aromatic rings. The van der Waals surface area contributed by atoms with E-state index < -0.39 is 18.5 Å². The first-order valence-electron chi connectivity index (χ1n) is 3.70. The van der Waals surface area contributed by atoms with Crippen LogP contribution in [-0.4, -0.2) is 16.8 Å². The Kier molecular flexibility index (Phi) is 2.78. The molecule has 0 spiro atoms. The van der Waals surface area contributed by atoms with Crippen molar-refractivity contribution in [3.63, 3.8) is 0 Å². The number of halogens is 1. The largest absolute Gasteiger partial charge is 0.393 e. The highest BCUT2D eigenvalue weighted by atomic mass is 19.1. The molecule has 0 saturated carbocycles. The zero-order chi connectivity index (χ0) is 9.14. The molecular formula is C9H11FO2. The van der Waals surface area contributed by atoms with E-state index in [1.165, 1.54) is 12.1 Å². The Morgan fingerprint density at radius 1 is 1.50 bits per heavy atom. The third-order valence-electron chi connectivity index (χ3n) is 1.69. The average molecular weight is 170 g/mol. The fraction of sp³-hybridized carbons (Fsp3) is 0.333. The second kappa shape index (κ2) is 3.65. The Hall–Kier alpha value is -0.930. The van der Waals surface area contributed by atoms with Crippen LogP contribution in [0, 0.1) is 12.7 Å². The van der Waals surface area contributed by atoms with Crippen LogP contribution in [0.25, 0.3) is 0 Å². The number of rotatable bonds is 2. The summed E-state index contributed by atoms with van der Waals surface area (Å²) in [5.41, 5.74) is 0.935. The van der Waals surface area contributed by atoms with Gasteiger partial charge in [-0.05, 0) is 18.6 Å². The molecule has 0 bridgehead atoms. The van der Waals surface area contributed by atoms with Gasteiger partial charge in [0, 0.05) is 5.56 Å². The number of aliphatic hydroxyl groups excluding tert-OH is 2. The highest BCUT2D eigenvalue weighted by Gasteiger charge is 2.10. The average Bonchev–Trinajstić information content (AvgIpc) is 2.03. The number of hydrogen-bond acceptors (Lipinski definition) is 2. The van der Waals surface area contributed by atoms with Crippen molar-refractivity contribution in [1.29, 1.82) is 0 Å². The van der Waals surface area contributed by atoms with Gasteiger partial charge >= 0.3 is 0 Å². The predicted molar refractivity (Wildman–Crippen MR) is 43.2 cm³/mol. The summed E-state index contributed by atoms with van der Waals surface area (Å²) in [6.07, 6.45) is -1.12. The smallest absolute Gasteiger partial charge is 0.129 e. The van der Waals surface area contributed by atoms with Gasteiger partial charge in [0.2, 0.25) is 0 Å². The molecule has 2 N–H and O–H groups in total. The number of hydrogen-bond donors (Lipinski definition) is 2. The summed E-state index contributed by atoms with van der Waals surface area (Å²) in [6.45, 7) is 1.30. The first kappa shape index (κ1) is 9.16. The Labute approximate surface area is 70.3 Å². The van der Waals surface area contributed by atoms with Crippen LogP contribution >= 0.6 is 0 Å². The zero-order valence-electron chi connectivity index (χ0n) is 6.79. The van der Waals surface area contributed by atoms with E-state index in [1.807, 2.05) is 0 Å².